The van der Waals surface area contributed by atoms with Crippen LogP contribution in [0.5, 0.6) is 0 Å². The molecule has 1 rings (SSSR count). The lowest BCUT2D eigenvalue weighted by atomic mass is 10.1. The van der Waals surface area contributed by atoms with Crippen LogP contribution in [0.2, 0.25) is 5.02 Å². The standard InChI is InChI=1S/C16H27ClN2/c1-13(10-18-16(2,3)4)11-19(5)12-14-8-6-7-9-15(14)17/h6-9,13,18H,10-12H2,1-5H3. The fourth-order valence-electron chi connectivity index (χ4n) is 2.06. The van der Waals surface area contributed by atoms with Gasteiger partial charge in [-0.15, -0.1) is 0 Å². The van der Waals surface area contributed by atoms with Gasteiger partial charge in [0.1, 0.15) is 0 Å². The summed E-state index contributed by atoms with van der Waals surface area (Å²) in [4.78, 5) is 2.33. The molecule has 1 aromatic rings. The van der Waals surface area contributed by atoms with Gasteiger partial charge in [0.2, 0.25) is 0 Å². The van der Waals surface area contributed by atoms with E-state index in [4.69, 9.17) is 11.6 Å². The van der Waals surface area contributed by atoms with Gasteiger partial charge in [-0.3, -0.25) is 0 Å². The molecular weight excluding hydrogens is 256 g/mol. The molecule has 1 N–H and O–H groups in total. The van der Waals surface area contributed by atoms with Crippen LogP contribution in [0.25, 0.3) is 0 Å². The Kier molecular flexibility index (Phi) is 6.31. The van der Waals surface area contributed by atoms with Gasteiger partial charge >= 0.3 is 0 Å². The second kappa shape index (κ2) is 7.28. The quantitative estimate of drug-likeness (QED) is 0.854. The minimum absolute atomic E-state index is 0.190. The van der Waals surface area contributed by atoms with Gasteiger partial charge in [0.25, 0.3) is 0 Å². The van der Waals surface area contributed by atoms with Crippen molar-refractivity contribution in [1.82, 2.24) is 10.2 Å². The third-order valence-electron chi connectivity index (χ3n) is 3.00. The number of rotatable bonds is 6. The first-order chi connectivity index (χ1) is 8.78. The number of benzene rings is 1. The molecule has 108 valence electrons. The van der Waals surface area contributed by atoms with E-state index in [0.717, 1.165) is 24.7 Å². The van der Waals surface area contributed by atoms with E-state index in [9.17, 15) is 0 Å². The first-order valence-electron chi connectivity index (χ1n) is 6.95. The summed E-state index contributed by atoms with van der Waals surface area (Å²) in [5, 5.41) is 4.41. The van der Waals surface area contributed by atoms with Crippen molar-refractivity contribution >= 4 is 11.6 Å². The van der Waals surface area contributed by atoms with Gasteiger partial charge in [-0.2, -0.15) is 0 Å². The lowest BCUT2D eigenvalue weighted by Crippen LogP contribution is -2.40. The second-order valence-electron chi connectivity index (χ2n) is 6.52. The van der Waals surface area contributed by atoms with E-state index in [1.807, 2.05) is 18.2 Å². The molecule has 0 aliphatic heterocycles. The summed E-state index contributed by atoms with van der Waals surface area (Å²) in [6.45, 7) is 11.9. The van der Waals surface area contributed by atoms with Gasteiger partial charge in [0.05, 0.1) is 0 Å². The van der Waals surface area contributed by atoms with Gasteiger partial charge in [-0.05, 0) is 51.9 Å². The second-order valence-corrected chi connectivity index (χ2v) is 6.93. The Bertz CT molecular complexity index is 385. The monoisotopic (exact) mass is 282 g/mol. The van der Waals surface area contributed by atoms with Crippen molar-refractivity contribution in [2.75, 3.05) is 20.1 Å². The van der Waals surface area contributed by atoms with Crippen molar-refractivity contribution in [2.24, 2.45) is 5.92 Å². The van der Waals surface area contributed by atoms with Gasteiger partial charge in [0.15, 0.2) is 0 Å². The maximum atomic E-state index is 6.19. The molecule has 0 spiro atoms. The number of nitrogens with zero attached hydrogens (tertiary/aromatic N) is 1. The van der Waals surface area contributed by atoms with Gasteiger partial charge in [-0.1, -0.05) is 36.7 Å². The van der Waals surface area contributed by atoms with Crippen molar-refractivity contribution in [3.63, 3.8) is 0 Å². The summed E-state index contributed by atoms with van der Waals surface area (Å²) >= 11 is 6.19. The minimum atomic E-state index is 0.190. The summed E-state index contributed by atoms with van der Waals surface area (Å²) in [6, 6.07) is 8.06. The Labute approximate surface area is 123 Å². The van der Waals surface area contributed by atoms with E-state index < -0.39 is 0 Å². The van der Waals surface area contributed by atoms with Crippen LogP contribution in [0.4, 0.5) is 0 Å². The average Bonchev–Trinajstić information content (AvgIpc) is 2.29. The number of hydrogen-bond acceptors (Lipinski definition) is 2. The highest BCUT2D eigenvalue weighted by Gasteiger charge is 2.13. The Hall–Kier alpha value is -0.570. The van der Waals surface area contributed by atoms with Gasteiger partial charge in [-0.25, -0.2) is 0 Å². The summed E-state index contributed by atoms with van der Waals surface area (Å²) in [7, 11) is 2.15. The van der Waals surface area contributed by atoms with Crippen LogP contribution in [-0.4, -0.2) is 30.6 Å². The molecule has 0 aromatic heterocycles. The summed E-state index contributed by atoms with van der Waals surface area (Å²) in [6.07, 6.45) is 0. The minimum Gasteiger partial charge on any atom is -0.312 e. The largest absolute Gasteiger partial charge is 0.312 e. The molecule has 0 saturated heterocycles. The first-order valence-corrected chi connectivity index (χ1v) is 7.32. The molecule has 0 heterocycles. The third kappa shape index (κ3) is 6.95. The summed E-state index contributed by atoms with van der Waals surface area (Å²) in [5.41, 5.74) is 1.39. The molecule has 1 unspecified atom stereocenters. The zero-order valence-electron chi connectivity index (χ0n) is 12.8. The third-order valence-corrected chi connectivity index (χ3v) is 3.37. The predicted octanol–water partition coefficient (Wildman–Crippen LogP) is 3.80. The molecule has 0 saturated carbocycles. The zero-order chi connectivity index (χ0) is 14.5. The molecule has 0 amide bonds. The fourth-order valence-corrected chi connectivity index (χ4v) is 2.25. The highest BCUT2D eigenvalue weighted by molar-refractivity contribution is 6.31. The normalized spacial score (nSPS) is 13.8. The van der Waals surface area contributed by atoms with E-state index in [1.54, 1.807) is 0 Å². The molecule has 19 heavy (non-hydrogen) atoms. The van der Waals surface area contributed by atoms with Crippen molar-refractivity contribution in [3.8, 4) is 0 Å². The molecule has 1 atom stereocenters. The van der Waals surface area contributed by atoms with Gasteiger partial charge in [0, 0.05) is 23.7 Å². The van der Waals surface area contributed by atoms with Gasteiger partial charge < -0.3 is 10.2 Å². The number of nitrogens with one attached hydrogen (secondary N) is 1. The van der Waals surface area contributed by atoms with Crippen LogP contribution in [0.15, 0.2) is 24.3 Å². The van der Waals surface area contributed by atoms with Crippen molar-refractivity contribution < 1.29 is 0 Å². The predicted molar refractivity (Wildman–Crippen MR) is 84.7 cm³/mol. The molecule has 3 heteroatoms. The maximum absolute atomic E-state index is 6.19. The molecule has 0 aliphatic carbocycles. The molecule has 0 aliphatic rings. The Morgan fingerprint density at radius 3 is 2.47 bits per heavy atom. The highest BCUT2D eigenvalue weighted by Crippen LogP contribution is 2.16. The maximum Gasteiger partial charge on any atom is 0.0451 e. The van der Waals surface area contributed by atoms with E-state index in [2.05, 4.69) is 51.0 Å². The Morgan fingerprint density at radius 2 is 1.89 bits per heavy atom. The van der Waals surface area contributed by atoms with Crippen molar-refractivity contribution in [1.29, 1.82) is 0 Å². The lowest BCUT2D eigenvalue weighted by Gasteiger charge is -2.26. The van der Waals surface area contributed by atoms with Crippen LogP contribution in [0, 0.1) is 5.92 Å². The number of halogens is 1. The fraction of sp³-hybridized carbons (Fsp3) is 0.625. The molecule has 1 aromatic carbocycles. The zero-order valence-corrected chi connectivity index (χ0v) is 13.6. The topological polar surface area (TPSA) is 15.3 Å². The molecule has 0 radical (unpaired) electrons. The van der Waals surface area contributed by atoms with E-state index >= 15 is 0 Å². The lowest BCUT2D eigenvalue weighted by molar-refractivity contribution is 0.262. The smallest absolute Gasteiger partial charge is 0.0451 e. The molecular formula is C16H27ClN2. The SMILES string of the molecule is CC(CNC(C)(C)C)CN(C)Cc1ccccc1Cl. The van der Waals surface area contributed by atoms with Crippen LogP contribution in [0.3, 0.4) is 0 Å². The van der Waals surface area contributed by atoms with Crippen molar-refractivity contribution in [2.45, 2.75) is 39.8 Å². The summed E-state index contributed by atoms with van der Waals surface area (Å²) < 4.78 is 0. The number of hydrogen-bond donors (Lipinski definition) is 1. The van der Waals surface area contributed by atoms with E-state index in [0.29, 0.717) is 5.92 Å². The average molecular weight is 283 g/mol. The van der Waals surface area contributed by atoms with Crippen LogP contribution in [-0.2, 0) is 6.54 Å². The molecule has 2 nitrogen and oxygen atoms in total. The van der Waals surface area contributed by atoms with Crippen LogP contribution in [0.1, 0.15) is 33.3 Å². The molecule has 0 bridgehead atoms. The van der Waals surface area contributed by atoms with E-state index in [1.165, 1.54) is 5.56 Å². The van der Waals surface area contributed by atoms with E-state index in [-0.39, 0.29) is 5.54 Å². The Balaban J connectivity index is 2.39. The highest BCUT2D eigenvalue weighted by atomic mass is 35.5. The Morgan fingerprint density at radius 1 is 1.26 bits per heavy atom. The van der Waals surface area contributed by atoms with Crippen molar-refractivity contribution in [3.05, 3.63) is 34.9 Å². The molecule has 0 fully saturated rings. The van der Waals surface area contributed by atoms with Crippen LogP contribution < -0.4 is 5.32 Å². The summed E-state index contributed by atoms with van der Waals surface area (Å²) in [5.74, 6) is 0.617. The first kappa shape index (κ1) is 16.5. The van der Waals surface area contributed by atoms with Crippen LogP contribution >= 0.6 is 11.6 Å².